The average Bonchev–Trinajstić information content (AvgIpc) is 3.19. The lowest BCUT2D eigenvalue weighted by Crippen LogP contribution is -2.22. The largest absolute Gasteiger partial charge is 0.493 e. The summed E-state index contributed by atoms with van der Waals surface area (Å²) in [6.07, 6.45) is 2.90. The van der Waals surface area contributed by atoms with Crippen LogP contribution in [0.3, 0.4) is 0 Å². The van der Waals surface area contributed by atoms with Crippen molar-refractivity contribution in [3.8, 4) is 11.5 Å². The summed E-state index contributed by atoms with van der Waals surface area (Å²) in [6.45, 7) is 8.23. The number of hydrogen-bond donors (Lipinski definition) is 0. The zero-order chi connectivity index (χ0) is 21.6. The maximum Gasteiger partial charge on any atom is 0.274 e. The van der Waals surface area contributed by atoms with E-state index in [1.165, 1.54) is 16.9 Å². The van der Waals surface area contributed by atoms with Crippen LogP contribution in [0.5, 0.6) is 11.5 Å². The van der Waals surface area contributed by atoms with Gasteiger partial charge in [-0.25, -0.2) is 9.38 Å². The number of methoxy groups -OCH3 is 1. The molecule has 0 aliphatic carbocycles. The molecule has 0 spiro atoms. The molecule has 0 radical (unpaired) electrons. The van der Waals surface area contributed by atoms with Crippen LogP contribution >= 0.6 is 33.9 Å². The summed E-state index contributed by atoms with van der Waals surface area (Å²) in [5, 5.41) is 0. The maximum atomic E-state index is 13.1. The van der Waals surface area contributed by atoms with Crippen LogP contribution in [0.25, 0.3) is 22.1 Å². The Bertz CT molecular complexity index is 1370. The lowest BCUT2D eigenvalue weighted by atomic mass is 10.1. The SMILES string of the molecule is CC[C@H](C)Oc1c(I)cc(/C=c2\sc3nc4cc(C)c(C)cc4n3c2=O)cc1OC. The molecule has 0 fully saturated rings. The third kappa shape index (κ3) is 3.69. The zero-order valence-electron chi connectivity index (χ0n) is 17.6. The van der Waals surface area contributed by atoms with Gasteiger partial charge in [0.25, 0.3) is 5.56 Å². The number of aryl methyl sites for hydroxylation is 2. The molecule has 2 heterocycles. The minimum Gasteiger partial charge on any atom is -0.493 e. The molecule has 2 aromatic carbocycles. The molecule has 30 heavy (non-hydrogen) atoms. The van der Waals surface area contributed by atoms with Crippen molar-refractivity contribution >= 4 is 56.0 Å². The van der Waals surface area contributed by atoms with Gasteiger partial charge in [0.1, 0.15) is 0 Å². The van der Waals surface area contributed by atoms with Crippen molar-refractivity contribution in [2.45, 2.75) is 40.2 Å². The molecule has 2 aromatic heterocycles. The van der Waals surface area contributed by atoms with Crippen molar-refractivity contribution in [3.63, 3.8) is 0 Å². The number of hydrogen-bond acceptors (Lipinski definition) is 5. The van der Waals surface area contributed by atoms with E-state index in [1.54, 1.807) is 11.5 Å². The van der Waals surface area contributed by atoms with Crippen LogP contribution in [0, 0.1) is 17.4 Å². The van der Waals surface area contributed by atoms with Crippen molar-refractivity contribution in [2.75, 3.05) is 7.11 Å². The van der Waals surface area contributed by atoms with Gasteiger partial charge in [-0.1, -0.05) is 18.3 Å². The van der Waals surface area contributed by atoms with Crippen LogP contribution in [-0.4, -0.2) is 22.6 Å². The van der Waals surface area contributed by atoms with Gasteiger partial charge in [-0.2, -0.15) is 0 Å². The summed E-state index contributed by atoms with van der Waals surface area (Å²) >= 11 is 3.65. The van der Waals surface area contributed by atoms with Gasteiger partial charge in [-0.15, -0.1) is 0 Å². The summed E-state index contributed by atoms with van der Waals surface area (Å²) in [4.78, 5) is 18.5. The normalized spacial score (nSPS) is 13.3. The molecule has 5 nitrogen and oxygen atoms in total. The second-order valence-corrected chi connectivity index (χ2v) is 9.61. The predicted octanol–water partition coefficient (Wildman–Crippen LogP) is 4.86. The van der Waals surface area contributed by atoms with E-state index < -0.39 is 0 Å². The number of rotatable bonds is 5. The van der Waals surface area contributed by atoms with E-state index in [4.69, 9.17) is 9.47 Å². The number of thiazole rings is 1. The van der Waals surface area contributed by atoms with Crippen LogP contribution in [0.4, 0.5) is 0 Å². The topological polar surface area (TPSA) is 52.8 Å². The third-order valence-electron chi connectivity index (χ3n) is 5.30. The summed E-state index contributed by atoms with van der Waals surface area (Å²) in [7, 11) is 1.63. The second-order valence-electron chi connectivity index (χ2n) is 7.44. The molecule has 1 atom stereocenters. The van der Waals surface area contributed by atoms with Crippen molar-refractivity contribution < 1.29 is 9.47 Å². The number of fused-ring (bicyclic) bond motifs is 3. The fourth-order valence-electron chi connectivity index (χ4n) is 3.29. The molecule has 0 amide bonds. The van der Waals surface area contributed by atoms with Crippen molar-refractivity contribution in [2.24, 2.45) is 0 Å². The van der Waals surface area contributed by atoms with Gasteiger partial charge < -0.3 is 9.47 Å². The Morgan fingerprint density at radius 1 is 1.23 bits per heavy atom. The molecular weight excluding hydrogens is 511 g/mol. The summed E-state index contributed by atoms with van der Waals surface area (Å²) < 4.78 is 14.9. The smallest absolute Gasteiger partial charge is 0.274 e. The molecule has 7 heteroatoms. The van der Waals surface area contributed by atoms with E-state index >= 15 is 0 Å². The van der Waals surface area contributed by atoms with E-state index in [0.29, 0.717) is 15.2 Å². The maximum absolute atomic E-state index is 13.1. The Kier molecular flexibility index (Phi) is 5.76. The van der Waals surface area contributed by atoms with E-state index in [2.05, 4.69) is 48.3 Å². The van der Waals surface area contributed by atoms with Gasteiger partial charge in [0.15, 0.2) is 16.5 Å². The number of aromatic nitrogens is 2. The number of imidazole rings is 1. The first-order valence-electron chi connectivity index (χ1n) is 9.80. The minimum absolute atomic E-state index is 0.0466. The quantitative estimate of drug-likeness (QED) is 0.343. The number of nitrogens with zero attached hydrogens (tertiary/aromatic N) is 2. The van der Waals surface area contributed by atoms with Crippen LogP contribution < -0.4 is 19.6 Å². The highest BCUT2D eigenvalue weighted by Crippen LogP contribution is 2.35. The highest BCUT2D eigenvalue weighted by Gasteiger charge is 2.15. The van der Waals surface area contributed by atoms with Gasteiger partial charge in [0.2, 0.25) is 0 Å². The monoisotopic (exact) mass is 534 g/mol. The van der Waals surface area contributed by atoms with Gasteiger partial charge >= 0.3 is 0 Å². The Morgan fingerprint density at radius 3 is 2.67 bits per heavy atom. The van der Waals surface area contributed by atoms with Crippen LogP contribution in [-0.2, 0) is 0 Å². The van der Waals surface area contributed by atoms with E-state index in [1.807, 2.05) is 37.3 Å². The molecule has 0 saturated carbocycles. The Morgan fingerprint density at radius 2 is 1.97 bits per heavy atom. The van der Waals surface area contributed by atoms with Gasteiger partial charge in [0, 0.05) is 0 Å². The lowest BCUT2D eigenvalue weighted by Gasteiger charge is -2.17. The molecule has 0 saturated heterocycles. The first-order valence-corrected chi connectivity index (χ1v) is 11.7. The highest BCUT2D eigenvalue weighted by molar-refractivity contribution is 14.1. The number of benzene rings is 2. The predicted molar refractivity (Wildman–Crippen MR) is 131 cm³/mol. The first-order chi connectivity index (χ1) is 14.3. The van der Waals surface area contributed by atoms with Crippen LogP contribution in [0.15, 0.2) is 29.1 Å². The Balaban J connectivity index is 1.85. The summed E-state index contributed by atoms with van der Waals surface area (Å²) in [6, 6.07) is 7.99. The van der Waals surface area contributed by atoms with Crippen LogP contribution in [0.1, 0.15) is 37.0 Å². The minimum atomic E-state index is -0.0466. The summed E-state index contributed by atoms with van der Waals surface area (Å²) in [5.74, 6) is 1.41. The Labute approximate surface area is 192 Å². The third-order valence-corrected chi connectivity index (χ3v) is 7.07. The molecule has 0 aliphatic rings. The molecule has 0 unspecified atom stereocenters. The Hall–Kier alpha value is -2.13. The van der Waals surface area contributed by atoms with Gasteiger partial charge in [-0.05, 0) is 96.8 Å². The molecule has 0 aliphatic heterocycles. The first kappa shape index (κ1) is 21.1. The zero-order valence-corrected chi connectivity index (χ0v) is 20.6. The van der Waals surface area contributed by atoms with Gasteiger partial charge in [0.05, 0.1) is 32.3 Å². The highest BCUT2D eigenvalue weighted by atomic mass is 127. The molecule has 0 N–H and O–H groups in total. The molecular formula is C23H23IN2O3S. The van der Waals surface area contributed by atoms with E-state index in [9.17, 15) is 4.79 Å². The van der Waals surface area contributed by atoms with E-state index in [0.717, 1.165) is 37.9 Å². The second kappa shape index (κ2) is 8.19. The van der Waals surface area contributed by atoms with Crippen molar-refractivity contribution in [1.29, 1.82) is 0 Å². The van der Waals surface area contributed by atoms with Crippen LogP contribution in [0.2, 0.25) is 0 Å². The van der Waals surface area contributed by atoms with Gasteiger partial charge in [-0.3, -0.25) is 4.79 Å². The number of halogens is 1. The molecule has 156 valence electrons. The molecule has 4 aromatic rings. The van der Waals surface area contributed by atoms with Crippen molar-refractivity contribution in [1.82, 2.24) is 9.38 Å². The number of ether oxygens (including phenoxy) is 2. The average molecular weight is 534 g/mol. The van der Waals surface area contributed by atoms with E-state index in [-0.39, 0.29) is 11.7 Å². The lowest BCUT2D eigenvalue weighted by molar-refractivity contribution is 0.206. The molecule has 4 rings (SSSR count). The molecule has 0 bridgehead atoms. The fraction of sp³-hybridized carbons (Fsp3) is 0.304. The van der Waals surface area contributed by atoms with Crippen molar-refractivity contribution in [3.05, 3.63) is 59.4 Å². The standard InChI is InChI=1S/C23H23IN2O3S/c1-6-14(4)29-21-16(24)9-15(10-19(21)28-5)11-20-22(27)26-18-8-13(3)12(2)7-17(18)25-23(26)30-20/h7-11,14H,6H2,1-5H3/b20-11-/t14-/m0/s1. The summed E-state index contributed by atoms with van der Waals surface area (Å²) in [5.41, 5.74) is 4.89. The fourth-order valence-corrected chi connectivity index (χ4v) is 5.03.